The van der Waals surface area contributed by atoms with Gasteiger partial charge in [0.25, 0.3) is 5.56 Å². The summed E-state index contributed by atoms with van der Waals surface area (Å²) in [5, 5.41) is 0. The first-order valence-electron chi connectivity index (χ1n) is 8.82. The lowest BCUT2D eigenvalue weighted by Gasteiger charge is -2.10. The first-order valence-corrected chi connectivity index (χ1v) is 8.82. The quantitative estimate of drug-likeness (QED) is 0.626. The molecule has 6 nitrogen and oxygen atoms in total. The number of benzene rings is 1. The van der Waals surface area contributed by atoms with Gasteiger partial charge >= 0.3 is 5.97 Å². The van der Waals surface area contributed by atoms with Gasteiger partial charge in [0, 0.05) is 11.8 Å². The van der Waals surface area contributed by atoms with Crippen molar-refractivity contribution in [3.05, 3.63) is 75.8 Å². The molecule has 0 atom stereocenters. The van der Waals surface area contributed by atoms with E-state index in [-0.39, 0.29) is 12.2 Å². The van der Waals surface area contributed by atoms with Crippen LogP contribution in [0.3, 0.4) is 0 Å². The van der Waals surface area contributed by atoms with Crippen LogP contribution in [-0.2, 0) is 11.3 Å². The normalized spacial score (nSPS) is 11.0. The SMILES string of the molecule is Cc1cccc2nc(COC(=O)c3cccc(OCC(C)C)c3)cc(=O)n12. The number of carbonyl (C=O) groups is 1. The Morgan fingerprint density at radius 2 is 1.93 bits per heavy atom. The third kappa shape index (κ3) is 4.53. The van der Waals surface area contributed by atoms with Gasteiger partial charge < -0.3 is 9.47 Å². The van der Waals surface area contributed by atoms with Crippen LogP contribution in [0.4, 0.5) is 0 Å². The summed E-state index contributed by atoms with van der Waals surface area (Å²) in [6, 6.07) is 13.7. The lowest BCUT2D eigenvalue weighted by Crippen LogP contribution is -2.18. The average molecular weight is 366 g/mol. The Hall–Kier alpha value is -3.15. The van der Waals surface area contributed by atoms with E-state index in [0.29, 0.717) is 35.2 Å². The summed E-state index contributed by atoms with van der Waals surface area (Å²) in [5.41, 5.74) is 1.92. The van der Waals surface area contributed by atoms with E-state index in [9.17, 15) is 9.59 Å². The molecule has 0 aliphatic heterocycles. The second-order valence-electron chi connectivity index (χ2n) is 6.76. The van der Waals surface area contributed by atoms with Crippen molar-refractivity contribution in [3.8, 4) is 5.75 Å². The molecule has 0 spiro atoms. The Balaban J connectivity index is 1.72. The third-order valence-corrected chi connectivity index (χ3v) is 3.94. The molecule has 2 heterocycles. The van der Waals surface area contributed by atoms with Gasteiger partial charge in [0.2, 0.25) is 0 Å². The molecule has 1 aromatic carbocycles. The van der Waals surface area contributed by atoms with Crippen LogP contribution < -0.4 is 10.3 Å². The van der Waals surface area contributed by atoms with Crippen molar-refractivity contribution in [2.75, 3.05) is 6.61 Å². The molecule has 0 fully saturated rings. The molecule has 0 aliphatic rings. The largest absolute Gasteiger partial charge is 0.493 e. The highest BCUT2D eigenvalue weighted by Gasteiger charge is 2.11. The van der Waals surface area contributed by atoms with Gasteiger partial charge in [-0.05, 0) is 43.2 Å². The van der Waals surface area contributed by atoms with Crippen molar-refractivity contribution >= 4 is 11.6 Å². The fourth-order valence-corrected chi connectivity index (χ4v) is 2.64. The summed E-state index contributed by atoms with van der Waals surface area (Å²) in [6.45, 7) is 6.44. The van der Waals surface area contributed by atoms with Crippen molar-refractivity contribution in [1.82, 2.24) is 9.38 Å². The van der Waals surface area contributed by atoms with E-state index in [0.717, 1.165) is 5.69 Å². The summed E-state index contributed by atoms with van der Waals surface area (Å²) in [7, 11) is 0. The summed E-state index contributed by atoms with van der Waals surface area (Å²) in [6.07, 6.45) is 0. The molecule has 0 radical (unpaired) electrons. The number of esters is 1. The van der Waals surface area contributed by atoms with E-state index in [1.807, 2.05) is 19.1 Å². The highest BCUT2D eigenvalue weighted by Crippen LogP contribution is 2.15. The van der Waals surface area contributed by atoms with Crippen LogP contribution in [0.25, 0.3) is 5.65 Å². The van der Waals surface area contributed by atoms with Crippen molar-refractivity contribution in [2.45, 2.75) is 27.4 Å². The second kappa shape index (κ2) is 8.03. The number of hydrogen-bond acceptors (Lipinski definition) is 5. The lowest BCUT2D eigenvalue weighted by molar-refractivity contribution is 0.0467. The lowest BCUT2D eigenvalue weighted by atomic mass is 10.2. The zero-order chi connectivity index (χ0) is 19.4. The van der Waals surface area contributed by atoms with E-state index in [1.165, 1.54) is 10.5 Å². The summed E-state index contributed by atoms with van der Waals surface area (Å²) in [5.74, 6) is 0.523. The molecule has 0 unspecified atom stereocenters. The van der Waals surface area contributed by atoms with Crippen LogP contribution in [-0.4, -0.2) is 22.0 Å². The van der Waals surface area contributed by atoms with Gasteiger partial charge in [0.15, 0.2) is 0 Å². The minimum atomic E-state index is -0.490. The monoisotopic (exact) mass is 366 g/mol. The molecule has 3 aromatic rings. The van der Waals surface area contributed by atoms with Crippen LogP contribution in [0.1, 0.15) is 35.6 Å². The summed E-state index contributed by atoms with van der Waals surface area (Å²) in [4.78, 5) is 29.0. The number of fused-ring (bicyclic) bond motifs is 1. The van der Waals surface area contributed by atoms with Crippen molar-refractivity contribution in [1.29, 1.82) is 0 Å². The van der Waals surface area contributed by atoms with Crippen LogP contribution >= 0.6 is 0 Å². The number of hydrogen-bond donors (Lipinski definition) is 0. The fourth-order valence-electron chi connectivity index (χ4n) is 2.64. The topological polar surface area (TPSA) is 69.9 Å². The second-order valence-corrected chi connectivity index (χ2v) is 6.76. The molecule has 3 rings (SSSR count). The van der Waals surface area contributed by atoms with E-state index in [1.54, 1.807) is 30.3 Å². The van der Waals surface area contributed by atoms with Crippen LogP contribution in [0.2, 0.25) is 0 Å². The molecule has 27 heavy (non-hydrogen) atoms. The van der Waals surface area contributed by atoms with Gasteiger partial charge in [0.1, 0.15) is 18.0 Å². The zero-order valence-corrected chi connectivity index (χ0v) is 15.6. The number of carbonyl (C=O) groups excluding carboxylic acids is 1. The summed E-state index contributed by atoms with van der Waals surface area (Å²) < 4.78 is 12.5. The van der Waals surface area contributed by atoms with Gasteiger partial charge in [-0.25, -0.2) is 9.78 Å². The fraction of sp³-hybridized carbons (Fsp3) is 0.286. The Morgan fingerprint density at radius 1 is 1.15 bits per heavy atom. The number of rotatable bonds is 6. The zero-order valence-electron chi connectivity index (χ0n) is 15.6. The molecule has 0 bridgehead atoms. The molecule has 0 amide bonds. The Kier molecular flexibility index (Phi) is 5.54. The molecular formula is C21H22N2O4. The molecule has 0 saturated heterocycles. The molecule has 0 aliphatic carbocycles. The molecular weight excluding hydrogens is 344 g/mol. The van der Waals surface area contributed by atoms with E-state index in [4.69, 9.17) is 9.47 Å². The predicted octanol–water partition coefficient (Wildman–Crippen LogP) is 3.39. The highest BCUT2D eigenvalue weighted by atomic mass is 16.5. The average Bonchev–Trinajstić information content (AvgIpc) is 2.64. The number of ether oxygens (including phenoxy) is 2. The summed E-state index contributed by atoms with van der Waals surface area (Å²) >= 11 is 0. The molecule has 0 saturated carbocycles. The highest BCUT2D eigenvalue weighted by molar-refractivity contribution is 5.89. The van der Waals surface area contributed by atoms with E-state index < -0.39 is 5.97 Å². The van der Waals surface area contributed by atoms with Gasteiger partial charge in [-0.3, -0.25) is 9.20 Å². The Labute approximate surface area is 157 Å². The van der Waals surface area contributed by atoms with Crippen LogP contribution in [0.5, 0.6) is 5.75 Å². The van der Waals surface area contributed by atoms with Gasteiger partial charge in [-0.1, -0.05) is 26.0 Å². The maximum atomic E-state index is 12.3. The number of nitrogens with zero attached hydrogens (tertiary/aromatic N) is 2. The maximum absolute atomic E-state index is 12.3. The first-order chi connectivity index (χ1) is 12.9. The van der Waals surface area contributed by atoms with Gasteiger partial charge in [0.05, 0.1) is 17.9 Å². The Morgan fingerprint density at radius 3 is 2.70 bits per heavy atom. The minimum absolute atomic E-state index is 0.0738. The van der Waals surface area contributed by atoms with Gasteiger partial charge in [-0.15, -0.1) is 0 Å². The number of pyridine rings is 1. The minimum Gasteiger partial charge on any atom is -0.493 e. The van der Waals surface area contributed by atoms with E-state index in [2.05, 4.69) is 18.8 Å². The van der Waals surface area contributed by atoms with Crippen molar-refractivity contribution in [2.24, 2.45) is 5.92 Å². The Bertz CT molecular complexity index is 1020. The third-order valence-electron chi connectivity index (χ3n) is 3.94. The molecule has 140 valence electrons. The molecule has 0 N–H and O–H groups in total. The number of aromatic nitrogens is 2. The molecule has 6 heteroatoms. The van der Waals surface area contributed by atoms with Crippen molar-refractivity contribution in [3.63, 3.8) is 0 Å². The smallest absolute Gasteiger partial charge is 0.338 e. The van der Waals surface area contributed by atoms with Crippen LogP contribution in [0, 0.1) is 12.8 Å². The standard InChI is InChI=1S/C21H22N2O4/c1-14(2)12-26-18-8-5-7-16(10-18)21(25)27-13-17-11-20(24)23-15(3)6-4-9-19(23)22-17/h4-11,14H,12-13H2,1-3H3. The van der Waals surface area contributed by atoms with Gasteiger partial charge in [-0.2, -0.15) is 0 Å². The first kappa shape index (κ1) is 18.6. The predicted molar refractivity (Wildman–Crippen MR) is 102 cm³/mol. The maximum Gasteiger partial charge on any atom is 0.338 e. The molecule has 2 aromatic heterocycles. The number of aryl methyl sites for hydroxylation is 1. The van der Waals surface area contributed by atoms with E-state index >= 15 is 0 Å². The van der Waals surface area contributed by atoms with Crippen molar-refractivity contribution < 1.29 is 14.3 Å². The van der Waals surface area contributed by atoms with Crippen LogP contribution in [0.15, 0.2) is 53.3 Å².